The van der Waals surface area contributed by atoms with Gasteiger partial charge in [0.05, 0.1) is 0 Å². The van der Waals surface area contributed by atoms with Gasteiger partial charge in [-0.1, -0.05) is 86.1 Å². The van der Waals surface area contributed by atoms with Crippen molar-refractivity contribution in [2.45, 2.75) is 77.5 Å². The van der Waals surface area contributed by atoms with Crippen molar-refractivity contribution in [3.8, 4) is 16.9 Å². The molecule has 0 saturated carbocycles. The van der Waals surface area contributed by atoms with Crippen molar-refractivity contribution in [3.63, 3.8) is 0 Å². The molecule has 0 radical (unpaired) electrons. The smallest absolute Gasteiger partial charge is 0.441 e. The van der Waals surface area contributed by atoms with Crippen LogP contribution in [0.25, 0.3) is 11.1 Å². The van der Waals surface area contributed by atoms with E-state index in [-0.39, 0.29) is 13.0 Å². The molecule has 0 spiro atoms. The van der Waals surface area contributed by atoms with Gasteiger partial charge in [-0.05, 0) is 56.9 Å². The van der Waals surface area contributed by atoms with Crippen LogP contribution >= 0.6 is 0 Å². The van der Waals surface area contributed by atoms with Gasteiger partial charge in [0.2, 0.25) is 0 Å². The summed E-state index contributed by atoms with van der Waals surface area (Å²) < 4.78 is 11.2. The summed E-state index contributed by atoms with van der Waals surface area (Å²) in [5.74, 6) is -1.82. The summed E-state index contributed by atoms with van der Waals surface area (Å²) in [4.78, 5) is 31.2. The number of ether oxygens (including phenoxy) is 2. The molecule has 0 aliphatic carbocycles. The highest BCUT2D eigenvalue weighted by Crippen LogP contribution is 2.32. The van der Waals surface area contributed by atoms with E-state index in [0.717, 1.165) is 34.3 Å². The molecule has 3 aromatic carbocycles. The number of hydroxylamine groups is 1. The molecule has 0 aromatic heterocycles. The number of hydrogen-bond donors (Lipinski definition) is 4. The molecule has 10 nitrogen and oxygen atoms in total. The van der Waals surface area contributed by atoms with Gasteiger partial charge in [-0.25, -0.2) is 9.59 Å². The van der Waals surface area contributed by atoms with E-state index < -0.39 is 29.2 Å². The fourth-order valence-corrected chi connectivity index (χ4v) is 4.41. The normalized spacial score (nSPS) is 13.0. The van der Waals surface area contributed by atoms with E-state index in [1.54, 1.807) is 32.9 Å². The van der Waals surface area contributed by atoms with Gasteiger partial charge in [0.1, 0.15) is 18.0 Å². The number of amides is 2. The number of aliphatic hydroxyl groups is 2. The Morgan fingerprint density at radius 3 is 2.12 bits per heavy atom. The Morgan fingerprint density at radius 1 is 0.884 bits per heavy atom. The molecule has 5 N–H and O–H groups in total. The Labute approximate surface area is 253 Å². The van der Waals surface area contributed by atoms with Crippen LogP contribution in [0.4, 0.5) is 9.59 Å². The third kappa shape index (κ3) is 9.44. The number of para-hydroxylation sites is 1. The predicted octanol–water partition coefficient (Wildman–Crippen LogP) is 5.51. The van der Waals surface area contributed by atoms with Crippen LogP contribution in [0.5, 0.6) is 5.75 Å². The average Bonchev–Trinajstić information content (AvgIpc) is 2.95. The Kier molecular flexibility index (Phi) is 11.2. The molecule has 0 fully saturated rings. The maximum Gasteiger partial charge on any atom is 0.441 e. The topological polar surface area (TPSA) is 144 Å². The van der Waals surface area contributed by atoms with Crippen LogP contribution in [0.3, 0.4) is 0 Å². The third-order valence-electron chi connectivity index (χ3n) is 6.74. The number of nitrogens with zero attached hydrogens (tertiary/aromatic N) is 1. The molecule has 10 heteroatoms. The molecule has 3 rings (SSSR count). The van der Waals surface area contributed by atoms with Crippen molar-refractivity contribution in [1.29, 1.82) is 0 Å². The van der Waals surface area contributed by atoms with Gasteiger partial charge in [0.15, 0.2) is 11.4 Å². The number of nitrogens with one attached hydrogen (secondary N) is 1. The number of nitrogens with two attached hydrogens (primary N) is 1. The molecule has 0 saturated heterocycles. The van der Waals surface area contributed by atoms with Crippen molar-refractivity contribution in [2.75, 3.05) is 6.54 Å². The van der Waals surface area contributed by atoms with E-state index in [4.69, 9.17) is 20.0 Å². The van der Waals surface area contributed by atoms with Gasteiger partial charge < -0.3 is 30.3 Å². The lowest BCUT2D eigenvalue weighted by atomic mass is 9.90. The van der Waals surface area contributed by atoms with Crippen molar-refractivity contribution < 1.29 is 34.1 Å². The van der Waals surface area contributed by atoms with Crippen molar-refractivity contribution in [2.24, 2.45) is 5.73 Å². The Balaban J connectivity index is 1.82. The highest BCUT2D eigenvalue weighted by molar-refractivity contribution is 5.73. The van der Waals surface area contributed by atoms with E-state index >= 15 is 0 Å². The van der Waals surface area contributed by atoms with E-state index in [9.17, 15) is 19.8 Å². The second-order valence-electron chi connectivity index (χ2n) is 11.6. The quantitative estimate of drug-likeness (QED) is 0.168. The van der Waals surface area contributed by atoms with Crippen molar-refractivity contribution >= 4 is 12.2 Å². The minimum absolute atomic E-state index is 0.0444. The summed E-state index contributed by atoms with van der Waals surface area (Å²) in [5.41, 5.74) is 9.21. The summed E-state index contributed by atoms with van der Waals surface area (Å²) in [6.07, 6.45) is -0.979. The second-order valence-corrected chi connectivity index (χ2v) is 11.6. The zero-order chi connectivity index (χ0) is 31.7. The number of rotatable bonds is 11. The van der Waals surface area contributed by atoms with Gasteiger partial charge >= 0.3 is 12.2 Å². The van der Waals surface area contributed by atoms with Crippen molar-refractivity contribution in [3.05, 3.63) is 90.0 Å². The fraction of sp³-hybridized carbons (Fsp3) is 0.394. The van der Waals surface area contributed by atoms with E-state index in [2.05, 4.69) is 0 Å². The molecule has 43 heavy (non-hydrogen) atoms. The van der Waals surface area contributed by atoms with Crippen LogP contribution < -0.4 is 16.0 Å². The van der Waals surface area contributed by atoms with Crippen LogP contribution in [0.2, 0.25) is 0 Å². The monoisotopic (exact) mass is 593 g/mol. The standard InChI is InChI=1S/C33H43N3O7/c1-6-7-21-36(30(38)43-35-29(37)42-31(2,3)4)33(34,32(5,39)40)22-24-17-19-26(20-18-24)27-15-11-12-16-28(27)41-23-25-13-9-8-10-14-25/h8-20,39-40H,6-7,21-23,34H2,1-5H3,(H,35,37). The van der Waals surface area contributed by atoms with Gasteiger partial charge in [0, 0.05) is 18.5 Å². The second kappa shape index (κ2) is 14.4. The molecule has 2 amide bonds. The summed E-state index contributed by atoms with van der Waals surface area (Å²) in [6.45, 7) is 8.48. The van der Waals surface area contributed by atoms with Gasteiger partial charge in [0.25, 0.3) is 0 Å². The molecule has 3 aromatic rings. The Morgan fingerprint density at radius 2 is 1.51 bits per heavy atom. The number of hydrogen-bond acceptors (Lipinski definition) is 8. The number of carbonyl (C=O) groups is 2. The van der Waals surface area contributed by atoms with Crippen LogP contribution in [-0.4, -0.2) is 50.9 Å². The molecule has 0 heterocycles. The zero-order valence-corrected chi connectivity index (χ0v) is 25.5. The molecule has 0 aliphatic heterocycles. The first kappa shape index (κ1) is 33.4. The first-order valence-corrected chi connectivity index (χ1v) is 14.3. The third-order valence-corrected chi connectivity index (χ3v) is 6.74. The SMILES string of the molecule is CCCCN(C(=O)ONC(=O)OC(C)(C)C)C(N)(Cc1ccc(-c2ccccc2OCc2ccccc2)cc1)C(C)(O)O. The van der Waals surface area contributed by atoms with E-state index in [1.165, 1.54) is 0 Å². The summed E-state index contributed by atoms with van der Waals surface area (Å²) in [7, 11) is 0. The summed E-state index contributed by atoms with van der Waals surface area (Å²) in [5, 5.41) is 21.6. The fourth-order valence-electron chi connectivity index (χ4n) is 4.41. The lowest BCUT2D eigenvalue weighted by Crippen LogP contribution is -2.72. The van der Waals surface area contributed by atoms with E-state index in [0.29, 0.717) is 25.0 Å². The summed E-state index contributed by atoms with van der Waals surface area (Å²) in [6, 6.07) is 25.0. The molecule has 0 bridgehead atoms. The number of carbonyl (C=O) groups excluding carboxylic acids is 2. The van der Waals surface area contributed by atoms with Crippen LogP contribution in [0.1, 0.15) is 58.6 Å². The van der Waals surface area contributed by atoms with Crippen LogP contribution in [0.15, 0.2) is 78.9 Å². The molecule has 232 valence electrons. The Hall–Kier alpha value is -4.12. The van der Waals surface area contributed by atoms with Gasteiger partial charge in [-0.3, -0.25) is 4.90 Å². The first-order chi connectivity index (χ1) is 20.2. The highest BCUT2D eigenvalue weighted by Gasteiger charge is 2.50. The number of benzene rings is 3. The first-order valence-electron chi connectivity index (χ1n) is 14.3. The van der Waals surface area contributed by atoms with Crippen LogP contribution in [0, 0.1) is 0 Å². The molecule has 1 unspecified atom stereocenters. The highest BCUT2D eigenvalue weighted by atomic mass is 16.7. The molecule has 1 atom stereocenters. The summed E-state index contributed by atoms with van der Waals surface area (Å²) >= 11 is 0. The Bertz CT molecular complexity index is 1340. The minimum atomic E-state index is -2.54. The van der Waals surface area contributed by atoms with Crippen molar-refractivity contribution in [1.82, 2.24) is 10.4 Å². The number of unbranched alkanes of at least 4 members (excludes halogenated alkanes) is 1. The zero-order valence-electron chi connectivity index (χ0n) is 25.5. The maximum atomic E-state index is 13.2. The molecular formula is C33H43N3O7. The molecule has 0 aliphatic rings. The minimum Gasteiger partial charge on any atom is -0.488 e. The van der Waals surface area contributed by atoms with E-state index in [1.807, 2.05) is 79.1 Å². The molecular weight excluding hydrogens is 550 g/mol. The predicted molar refractivity (Wildman–Crippen MR) is 164 cm³/mol. The van der Waals surface area contributed by atoms with Gasteiger partial charge in [-0.2, -0.15) is 0 Å². The average molecular weight is 594 g/mol. The maximum absolute atomic E-state index is 13.2. The largest absolute Gasteiger partial charge is 0.488 e. The van der Waals surface area contributed by atoms with Crippen LogP contribution in [-0.2, 0) is 22.6 Å². The lowest BCUT2D eigenvalue weighted by Gasteiger charge is -2.46. The van der Waals surface area contributed by atoms with Gasteiger partial charge in [-0.15, -0.1) is 5.48 Å². The lowest BCUT2D eigenvalue weighted by molar-refractivity contribution is -0.231.